The van der Waals surface area contributed by atoms with Crippen molar-refractivity contribution in [3.8, 4) is 22.8 Å². The van der Waals surface area contributed by atoms with Crippen LogP contribution in [0.15, 0.2) is 47.1 Å². The Kier molecular flexibility index (Phi) is 4.39. The van der Waals surface area contributed by atoms with Crippen molar-refractivity contribution in [3.05, 3.63) is 48.4 Å². The van der Waals surface area contributed by atoms with Gasteiger partial charge in [0, 0.05) is 24.9 Å². The normalized spacial score (nSPS) is 16.9. The fourth-order valence-corrected chi connectivity index (χ4v) is 2.71. The summed E-state index contributed by atoms with van der Waals surface area (Å²) in [6.07, 6.45) is 4.14. The molecule has 0 unspecified atom stereocenters. The molecule has 1 N–H and O–H groups in total. The van der Waals surface area contributed by atoms with Crippen LogP contribution in [0.4, 0.5) is 10.2 Å². The van der Waals surface area contributed by atoms with E-state index in [0.717, 1.165) is 37.4 Å². The maximum absolute atomic E-state index is 13.0. The van der Waals surface area contributed by atoms with Gasteiger partial charge in [-0.1, -0.05) is 5.16 Å². The Labute approximate surface area is 144 Å². The first-order chi connectivity index (χ1) is 12.3. The summed E-state index contributed by atoms with van der Waals surface area (Å²) in [4.78, 5) is 8.70. The van der Waals surface area contributed by atoms with Crippen molar-refractivity contribution in [1.29, 1.82) is 0 Å². The Morgan fingerprint density at radius 3 is 2.68 bits per heavy atom. The number of aromatic nitrogens is 3. The number of halogens is 1. The fraction of sp³-hybridized carbons (Fsp3) is 0.278. The second-order valence-electron chi connectivity index (χ2n) is 5.88. The van der Waals surface area contributed by atoms with Crippen LogP contribution in [0.1, 0.15) is 12.8 Å². The Morgan fingerprint density at radius 1 is 1.12 bits per heavy atom. The van der Waals surface area contributed by atoms with E-state index in [1.165, 1.54) is 12.1 Å². The number of benzene rings is 1. The van der Waals surface area contributed by atoms with Gasteiger partial charge in [-0.2, -0.15) is 4.98 Å². The summed E-state index contributed by atoms with van der Waals surface area (Å²) in [5.41, 5.74) is 1.42. The molecular weight excluding hydrogens is 323 g/mol. The molecule has 25 heavy (non-hydrogen) atoms. The topological polar surface area (TPSA) is 73.1 Å². The maximum Gasteiger partial charge on any atom is 0.259 e. The van der Waals surface area contributed by atoms with Crippen LogP contribution in [-0.2, 0) is 4.74 Å². The molecule has 1 fully saturated rings. The van der Waals surface area contributed by atoms with E-state index in [4.69, 9.17) is 9.26 Å². The van der Waals surface area contributed by atoms with Crippen LogP contribution in [0.5, 0.6) is 0 Å². The third kappa shape index (κ3) is 3.66. The molecule has 6 nitrogen and oxygen atoms in total. The predicted molar refractivity (Wildman–Crippen MR) is 90.4 cm³/mol. The van der Waals surface area contributed by atoms with E-state index in [1.54, 1.807) is 18.3 Å². The molecule has 0 bridgehead atoms. The van der Waals surface area contributed by atoms with Crippen molar-refractivity contribution in [2.45, 2.75) is 18.9 Å². The number of ether oxygens (including phenoxy) is 1. The predicted octanol–water partition coefficient (Wildman–Crippen LogP) is 3.53. The zero-order chi connectivity index (χ0) is 17.1. The molecule has 1 saturated heterocycles. The van der Waals surface area contributed by atoms with Crippen LogP contribution < -0.4 is 5.32 Å². The number of hydrogen-bond acceptors (Lipinski definition) is 6. The lowest BCUT2D eigenvalue weighted by Crippen LogP contribution is -2.18. The number of hydrogen-bond donors (Lipinski definition) is 1. The van der Waals surface area contributed by atoms with E-state index in [1.807, 2.05) is 12.1 Å². The molecule has 0 spiro atoms. The Hall–Kier alpha value is -2.80. The second-order valence-corrected chi connectivity index (χ2v) is 5.88. The molecule has 7 heteroatoms. The minimum absolute atomic E-state index is 0.260. The van der Waals surface area contributed by atoms with Crippen LogP contribution in [-0.4, -0.2) is 34.4 Å². The zero-order valence-electron chi connectivity index (χ0n) is 13.5. The van der Waals surface area contributed by atoms with Crippen LogP contribution in [0.25, 0.3) is 22.8 Å². The van der Waals surface area contributed by atoms with Crippen LogP contribution in [0.3, 0.4) is 0 Å². The van der Waals surface area contributed by atoms with E-state index in [2.05, 4.69) is 20.4 Å². The number of anilines is 1. The fourth-order valence-electron chi connectivity index (χ4n) is 2.71. The highest BCUT2D eigenvalue weighted by atomic mass is 19.1. The highest BCUT2D eigenvalue weighted by molar-refractivity contribution is 5.60. The third-order valence-electron chi connectivity index (χ3n) is 4.07. The summed E-state index contributed by atoms with van der Waals surface area (Å²) in [5, 5.41) is 7.20. The van der Waals surface area contributed by atoms with Gasteiger partial charge < -0.3 is 14.6 Å². The smallest absolute Gasteiger partial charge is 0.259 e. The lowest BCUT2D eigenvalue weighted by Gasteiger charge is -2.11. The monoisotopic (exact) mass is 340 g/mol. The highest BCUT2D eigenvalue weighted by Crippen LogP contribution is 2.22. The molecule has 128 valence electrons. The minimum atomic E-state index is -0.303. The molecular formula is C18H17FN4O2. The summed E-state index contributed by atoms with van der Waals surface area (Å²) in [5.74, 6) is 1.26. The molecule has 0 saturated carbocycles. The number of nitrogens with zero attached hydrogens (tertiary/aromatic N) is 3. The molecule has 1 aliphatic heterocycles. The first-order valence-corrected chi connectivity index (χ1v) is 8.19. The standard InChI is InChI=1S/C18H17FN4O2/c19-14-6-3-12(4-7-14)17-22-18(25-23-17)13-5-8-16(20-10-13)21-11-15-2-1-9-24-15/h3-8,10,15H,1-2,9,11H2,(H,20,21)/t15-/m0/s1. The average Bonchev–Trinajstić information content (AvgIpc) is 3.33. The second kappa shape index (κ2) is 6.98. The maximum atomic E-state index is 13.0. The number of rotatable bonds is 5. The van der Waals surface area contributed by atoms with Crippen molar-refractivity contribution in [1.82, 2.24) is 15.1 Å². The van der Waals surface area contributed by atoms with Gasteiger partial charge in [-0.05, 0) is 49.2 Å². The first-order valence-electron chi connectivity index (χ1n) is 8.19. The van der Waals surface area contributed by atoms with Gasteiger partial charge in [0.05, 0.1) is 11.7 Å². The molecule has 0 aliphatic carbocycles. The van der Waals surface area contributed by atoms with E-state index in [0.29, 0.717) is 17.3 Å². The molecule has 3 aromatic rings. The minimum Gasteiger partial charge on any atom is -0.376 e. The van der Waals surface area contributed by atoms with E-state index in [9.17, 15) is 4.39 Å². The van der Waals surface area contributed by atoms with Crippen molar-refractivity contribution in [2.75, 3.05) is 18.5 Å². The molecule has 3 heterocycles. The van der Waals surface area contributed by atoms with Gasteiger partial charge in [0.15, 0.2) is 0 Å². The number of pyridine rings is 1. The lowest BCUT2D eigenvalue weighted by atomic mass is 10.2. The van der Waals surface area contributed by atoms with Gasteiger partial charge in [0.2, 0.25) is 5.82 Å². The molecule has 2 aromatic heterocycles. The summed E-state index contributed by atoms with van der Waals surface area (Å²) in [7, 11) is 0. The van der Waals surface area contributed by atoms with Gasteiger partial charge in [-0.25, -0.2) is 9.37 Å². The quantitative estimate of drug-likeness (QED) is 0.766. The molecule has 1 atom stereocenters. The lowest BCUT2D eigenvalue weighted by molar-refractivity contribution is 0.120. The van der Waals surface area contributed by atoms with E-state index < -0.39 is 0 Å². The largest absolute Gasteiger partial charge is 0.376 e. The van der Waals surface area contributed by atoms with Crippen molar-refractivity contribution >= 4 is 5.82 Å². The van der Waals surface area contributed by atoms with Gasteiger partial charge >= 0.3 is 0 Å². The van der Waals surface area contributed by atoms with Gasteiger partial charge in [-0.3, -0.25) is 0 Å². The Balaban J connectivity index is 1.44. The third-order valence-corrected chi connectivity index (χ3v) is 4.07. The first kappa shape index (κ1) is 15.7. The van der Waals surface area contributed by atoms with E-state index >= 15 is 0 Å². The Bertz CT molecular complexity index is 827. The van der Waals surface area contributed by atoms with Crippen molar-refractivity contribution in [3.63, 3.8) is 0 Å². The summed E-state index contributed by atoms with van der Waals surface area (Å²) >= 11 is 0. The van der Waals surface area contributed by atoms with E-state index in [-0.39, 0.29) is 11.9 Å². The van der Waals surface area contributed by atoms with Gasteiger partial charge in [-0.15, -0.1) is 0 Å². The summed E-state index contributed by atoms with van der Waals surface area (Å²) < 4.78 is 23.8. The van der Waals surface area contributed by atoms with Crippen molar-refractivity contribution in [2.24, 2.45) is 0 Å². The molecule has 1 aromatic carbocycles. The van der Waals surface area contributed by atoms with Crippen LogP contribution in [0.2, 0.25) is 0 Å². The van der Waals surface area contributed by atoms with Crippen molar-refractivity contribution < 1.29 is 13.7 Å². The molecule has 1 aliphatic rings. The Morgan fingerprint density at radius 2 is 1.96 bits per heavy atom. The number of nitrogens with one attached hydrogen (secondary N) is 1. The SMILES string of the molecule is Fc1ccc(-c2noc(-c3ccc(NC[C@@H]4CCCO4)nc3)n2)cc1. The zero-order valence-corrected chi connectivity index (χ0v) is 13.5. The van der Waals surface area contributed by atoms with Gasteiger partial charge in [0.25, 0.3) is 5.89 Å². The van der Waals surface area contributed by atoms with Crippen LogP contribution in [0, 0.1) is 5.82 Å². The summed E-state index contributed by atoms with van der Waals surface area (Å²) in [6, 6.07) is 9.68. The molecule has 0 radical (unpaired) electrons. The average molecular weight is 340 g/mol. The molecule has 0 amide bonds. The summed E-state index contributed by atoms with van der Waals surface area (Å²) in [6.45, 7) is 1.59. The van der Waals surface area contributed by atoms with Crippen LogP contribution >= 0.6 is 0 Å². The molecule has 4 rings (SSSR count). The highest BCUT2D eigenvalue weighted by Gasteiger charge is 2.15. The van der Waals surface area contributed by atoms with Gasteiger partial charge in [0.1, 0.15) is 11.6 Å².